The Labute approximate surface area is 183 Å². The lowest BCUT2D eigenvalue weighted by molar-refractivity contribution is -0.125. The molecule has 0 aromatic heterocycles. The number of Topliss-reactive ketones (excluding diaryl/α,β-unsaturated/α-hetero) is 1. The fourth-order valence-electron chi connectivity index (χ4n) is 5.08. The molecule has 0 bridgehead atoms. The molecule has 0 saturated heterocycles. The van der Waals surface area contributed by atoms with E-state index in [1.165, 1.54) is 0 Å². The zero-order chi connectivity index (χ0) is 21.8. The second kappa shape index (κ2) is 7.11. The molecule has 1 amide bonds. The maximum absolute atomic E-state index is 13.9. The van der Waals surface area contributed by atoms with Crippen molar-refractivity contribution in [1.29, 1.82) is 0 Å². The van der Waals surface area contributed by atoms with Crippen molar-refractivity contribution in [2.45, 2.75) is 51.9 Å². The normalized spacial score (nSPS) is 21.0. The van der Waals surface area contributed by atoms with Gasteiger partial charge in [0.25, 0.3) is 0 Å². The molecule has 0 saturated carbocycles. The molecule has 0 radical (unpaired) electrons. The van der Waals surface area contributed by atoms with E-state index in [9.17, 15) is 9.59 Å². The van der Waals surface area contributed by atoms with E-state index >= 15 is 0 Å². The Hall–Kier alpha value is -2.82. The number of benzene rings is 2. The largest absolute Gasteiger partial charge is 0.493 e. The topological polar surface area (TPSA) is 55.8 Å². The number of ether oxygens (including phenoxy) is 2. The van der Waals surface area contributed by atoms with Crippen LogP contribution in [0.15, 0.2) is 36.4 Å². The van der Waals surface area contributed by atoms with E-state index in [0.29, 0.717) is 18.8 Å². The molecule has 31 heavy (non-hydrogen) atoms. The van der Waals surface area contributed by atoms with Gasteiger partial charge in [-0.2, -0.15) is 0 Å². The lowest BCUT2D eigenvalue weighted by Gasteiger charge is -2.23. The maximum atomic E-state index is 13.9. The number of hydrogen-bond acceptors (Lipinski definition) is 4. The van der Waals surface area contributed by atoms with Crippen LogP contribution in [0.2, 0.25) is 0 Å². The number of ketones is 1. The molecule has 3 heterocycles. The van der Waals surface area contributed by atoms with Gasteiger partial charge in [0.2, 0.25) is 5.91 Å². The molecular formula is C26H29NO4. The second-order valence-corrected chi connectivity index (χ2v) is 10.1. The van der Waals surface area contributed by atoms with Gasteiger partial charge in [-0.25, -0.2) is 0 Å². The van der Waals surface area contributed by atoms with Crippen molar-refractivity contribution in [2.75, 3.05) is 24.7 Å². The van der Waals surface area contributed by atoms with Crippen molar-refractivity contribution in [2.24, 2.45) is 5.41 Å². The van der Waals surface area contributed by atoms with Crippen LogP contribution in [0, 0.1) is 5.41 Å². The zero-order valence-electron chi connectivity index (χ0n) is 18.5. The van der Waals surface area contributed by atoms with Crippen LogP contribution in [-0.4, -0.2) is 31.4 Å². The van der Waals surface area contributed by atoms with E-state index < -0.39 is 5.41 Å². The fourth-order valence-corrected chi connectivity index (χ4v) is 5.08. The summed E-state index contributed by atoms with van der Waals surface area (Å²) in [5.74, 6) is 1.60. The van der Waals surface area contributed by atoms with E-state index in [1.54, 1.807) is 4.90 Å². The summed E-state index contributed by atoms with van der Waals surface area (Å²) in [6.07, 6.45) is 3.16. The monoisotopic (exact) mass is 419 g/mol. The van der Waals surface area contributed by atoms with E-state index in [-0.39, 0.29) is 30.3 Å². The van der Waals surface area contributed by atoms with Gasteiger partial charge in [-0.05, 0) is 41.5 Å². The number of hydrogen-bond donors (Lipinski definition) is 0. The Morgan fingerprint density at radius 1 is 1.10 bits per heavy atom. The third kappa shape index (κ3) is 3.22. The molecule has 1 spiro atoms. The molecule has 5 heteroatoms. The van der Waals surface area contributed by atoms with Gasteiger partial charge in [0.05, 0.1) is 13.2 Å². The molecule has 0 aliphatic carbocycles. The maximum Gasteiger partial charge on any atom is 0.246 e. The standard InChI is InChI=1S/C26H29NO4/c1-25(2,3)11-6-7-18(28)15-27-21-9-5-4-8-19(21)26(24(27)29)16-31-23-14-22-17(10-12-30-22)13-20(23)26/h4-5,8-9,13-14H,6-7,10-12,15-16H2,1-3H3. The molecule has 1 atom stereocenters. The molecule has 0 fully saturated rings. The average Bonchev–Trinajstić information content (AvgIpc) is 3.38. The van der Waals surface area contributed by atoms with Crippen molar-refractivity contribution in [1.82, 2.24) is 0 Å². The summed E-state index contributed by atoms with van der Waals surface area (Å²) < 4.78 is 11.7. The van der Waals surface area contributed by atoms with Gasteiger partial charge < -0.3 is 14.4 Å². The molecule has 2 aromatic carbocycles. The average molecular weight is 420 g/mol. The van der Waals surface area contributed by atoms with Crippen LogP contribution in [0.25, 0.3) is 0 Å². The molecule has 0 N–H and O–H groups in total. The molecule has 162 valence electrons. The zero-order valence-corrected chi connectivity index (χ0v) is 18.5. The first kappa shape index (κ1) is 20.1. The van der Waals surface area contributed by atoms with Crippen molar-refractivity contribution < 1.29 is 19.1 Å². The van der Waals surface area contributed by atoms with Crippen LogP contribution in [0.5, 0.6) is 11.5 Å². The lowest BCUT2D eigenvalue weighted by Crippen LogP contribution is -2.44. The molecule has 5 rings (SSSR count). The highest BCUT2D eigenvalue weighted by atomic mass is 16.5. The molecule has 3 aliphatic rings. The number of rotatable bonds is 5. The highest BCUT2D eigenvalue weighted by Gasteiger charge is 2.57. The van der Waals surface area contributed by atoms with Crippen molar-refractivity contribution in [3.8, 4) is 11.5 Å². The van der Waals surface area contributed by atoms with Crippen LogP contribution in [-0.2, 0) is 21.4 Å². The number of carbonyl (C=O) groups is 2. The lowest BCUT2D eigenvalue weighted by atomic mass is 9.76. The predicted molar refractivity (Wildman–Crippen MR) is 119 cm³/mol. The highest BCUT2D eigenvalue weighted by Crippen LogP contribution is 2.53. The Kier molecular flexibility index (Phi) is 4.61. The minimum Gasteiger partial charge on any atom is -0.493 e. The summed E-state index contributed by atoms with van der Waals surface area (Å²) in [7, 11) is 0. The quantitative estimate of drug-likeness (QED) is 0.719. The Morgan fingerprint density at radius 3 is 2.71 bits per heavy atom. The van der Waals surface area contributed by atoms with Crippen LogP contribution in [0.1, 0.15) is 56.7 Å². The summed E-state index contributed by atoms with van der Waals surface area (Å²) in [4.78, 5) is 28.4. The summed E-state index contributed by atoms with van der Waals surface area (Å²) in [5.41, 5.74) is 3.09. The van der Waals surface area contributed by atoms with E-state index in [2.05, 4.69) is 26.8 Å². The summed E-state index contributed by atoms with van der Waals surface area (Å²) >= 11 is 0. The van der Waals surface area contributed by atoms with Crippen molar-refractivity contribution in [3.63, 3.8) is 0 Å². The second-order valence-electron chi connectivity index (χ2n) is 10.1. The Bertz CT molecular complexity index is 1070. The number of para-hydroxylation sites is 1. The van der Waals surface area contributed by atoms with Crippen LogP contribution in [0.4, 0.5) is 5.69 Å². The minimum atomic E-state index is -0.880. The van der Waals surface area contributed by atoms with Crippen LogP contribution < -0.4 is 14.4 Å². The Balaban J connectivity index is 1.46. The van der Waals surface area contributed by atoms with Crippen molar-refractivity contribution in [3.05, 3.63) is 53.1 Å². The van der Waals surface area contributed by atoms with Crippen molar-refractivity contribution >= 4 is 17.4 Å². The van der Waals surface area contributed by atoms with Gasteiger partial charge in [-0.15, -0.1) is 0 Å². The fraction of sp³-hybridized carbons (Fsp3) is 0.462. The number of carbonyl (C=O) groups excluding carboxylic acids is 2. The van der Waals surface area contributed by atoms with Gasteiger partial charge in [0.15, 0.2) is 5.78 Å². The number of amides is 1. The van der Waals surface area contributed by atoms with E-state index in [4.69, 9.17) is 9.47 Å². The smallest absolute Gasteiger partial charge is 0.246 e. The van der Waals surface area contributed by atoms with Gasteiger partial charge in [-0.1, -0.05) is 39.0 Å². The van der Waals surface area contributed by atoms with E-state index in [1.807, 2.05) is 30.3 Å². The van der Waals surface area contributed by atoms with Gasteiger partial charge in [0, 0.05) is 30.2 Å². The predicted octanol–water partition coefficient (Wildman–Crippen LogP) is 4.43. The molecule has 5 nitrogen and oxygen atoms in total. The van der Waals surface area contributed by atoms with Crippen LogP contribution in [0.3, 0.4) is 0 Å². The number of fused-ring (bicyclic) bond motifs is 5. The third-order valence-electron chi connectivity index (χ3n) is 6.68. The van der Waals surface area contributed by atoms with Gasteiger partial charge >= 0.3 is 0 Å². The third-order valence-corrected chi connectivity index (χ3v) is 6.68. The minimum absolute atomic E-state index is 0.0597. The Morgan fingerprint density at radius 2 is 1.90 bits per heavy atom. The molecular weight excluding hydrogens is 390 g/mol. The van der Waals surface area contributed by atoms with Gasteiger partial charge in [0.1, 0.15) is 23.5 Å². The van der Waals surface area contributed by atoms with E-state index in [0.717, 1.165) is 47.4 Å². The van der Waals surface area contributed by atoms with Crippen LogP contribution >= 0.6 is 0 Å². The summed E-state index contributed by atoms with van der Waals surface area (Å²) in [6.45, 7) is 7.58. The highest BCUT2D eigenvalue weighted by molar-refractivity contribution is 6.13. The first-order valence-corrected chi connectivity index (χ1v) is 11.2. The summed E-state index contributed by atoms with van der Waals surface area (Å²) in [5, 5.41) is 0. The number of anilines is 1. The number of nitrogens with zero attached hydrogens (tertiary/aromatic N) is 1. The molecule has 3 aliphatic heterocycles. The summed E-state index contributed by atoms with van der Waals surface area (Å²) in [6, 6.07) is 11.8. The first-order chi connectivity index (χ1) is 14.8. The SMILES string of the molecule is CC(C)(C)CCCC(=O)CN1C(=O)C2(COc3cc4c(cc32)CCO4)c2ccccc21. The van der Waals surface area contributed by atoms with Gasteiger partial charge in [-0.3, -0.25) is 9.59 Å². The first-order valence-electron chi connectivity index (χ1n) is 11.2. The molecule has 1 unspecified atom stereocenters. The molecule has 2 aromatic rings.